The summed E-state index contributed by atoms with van der Waals surface area (Å²) < 4.78 is 2.92. The molecule has 1 aromatic carbocycles. The van der Waals surface area contributed by atoms with Crippen LogP contribution in [0.4, 0.5) is 0 Å². The molecule has 2 aromatic rings. The zero-order valence-corrected chi connectivity index (χ0v) is 15.5. The Bertz CT molecular complexity index is 703. The average Bonchev–Trinajstić information content (AvgIpc) is 2.75. The van der Waals surface area contributed by atoms with Crippen LogP contribution in [0.15, 0.2) is 28.9 Å². The van der Waals surface area contributed by atoms with Gasteiger partial charge in [-0.1, -0.05) is 47.7 Å². The number of nitrogens with zero attached hydrogens (tertiary/aromatic N) is 1. The van der Waals surface area contributed by atoms with Gasteiger partial charge < -0.3 is 15.0 Å². The van der Waals surface area contributed by atoms with Crippen molar-refractivity contribution in [3.05, 3.63) is 34.4 Å². The van der Waals surface area contributed by atoms with Gasteiger partial charge in [-0.15, -0.1) is 0 Å². The van der Waals surface area contributed by atoms with Gasteiger partial charge in [0, 0.05) is 29.1 Å². The number of carbonyl (C=O) groups is 1. The number of halogens is 1. The zero-order valence-electron chi connectivity index (χ0n) is 13.9. The lowest BCUT2D eigenvalue weighted by atomic mass is 10.0. The maximum atomic E-state index is 12.7. The molecule has 0 aliphatic heterocycles. The van der Waals surface area contributed by atoms with Gasteiger partial charge in [-0.2, -0.15) is 0 Å². The van der Waals surface area contributed by atoms with Crippen LogP contribution >= 0.6 is 15.9 Å². The number of aromatic nitrogens is 1. The predicted octanol–water partition coefficient (Wildman–Crippen LogP) is 4.10. The first-order chi connectivity index (χ1) is 11.7. The minimum atomic E-state index is -0.0109. The SMILES string of the molecule is O=C(NCC1CCCCCC1)c1cn(CCO)c2cc(Br)ccc12. The first kappa shape index (κ1) is 17.5. The second-order valence-electron chi connectivity index (χ2n) is 6.69. The Morgan fingerprint density at radius 1 is 1.25 bits per heavy atom. The van der Waals surface area contributed by atoms with E-state index in [9.17, 15) is 9.90 Å². The highest BCUT2D eigenvalue weighted by Crippen LogP contribution is 2.26. The standard InChI is InChI=1S/C19H25BrN2O2/c20-15-7-8-16-17(13-22(9-10-23)18(16)11-15)19(24)21-12-14-5-3-1-2-4-6-14/h7-8,11,13-14,23H,1-6,9-10,12H2,(H,21,24). The van der Waals surface area contributed by atoms with E-state index in [0.29, 0.717) is 18.0 Å². The first-order valence-corrected chi connectivity index (χ1v) is 9.66. The maximum Gasteiger partial charge on any atom is 0.253 e. The second kappa shape index (κ2) is 8.17. The van der Waals surface area contributed by atoms with Crippen LogP contribution in [0.3, 0.4) is 0 Å². The van der Waals surface area contributed by atoms with E-state index >= 15 is 0 Å². The Hall–Kier alpha value is -1.33. The molecule has 1 amide bonds. The van der Waals surface area contributed by atoms with Gasteiger partial charge in [0.2, 0.25) is 0 Å². The maximum absolute atomic E-state index is 12.7. The molecule has 0 unspecified atom stereocenters. The summed E-state index contributed by atoms with van der Waals surface area (Å²) in [7, 11) is 0. The highest BCUT2D eigenvalue weighted by molar-refractivity contribution is 9.10. The highest BCUT2D eigenvalue weighted by Gasteiger charge is 2.17. The zero-order chi connectivity index (χ0) is 16.9. The monoisotopic (exact) mass is 392 g/mol. The summed E-state index contributed by atoms with van der Waals surface area (Å²) in [6.45, 7) is 1.31. The van der Waals surface area contributed by atoms with Crippen LogP contribution in [-0.4, -0.2) is 28.7 Å². The quantitative estimate of drug-likeness (QED) is 0.752. The van der Waals surface area contributed by atoms with Crippen molar-refractivity contribution in [1.82, 2.24) is 9.88 Å². The Balaban J connectivity index is 1.76. The summed E-state index contributed by atoms with van der Waals surface area (Å²) in [5.41, 5.74) is 1.66. The average molecular weight is 393 g/mol. The number of fused-ring (bicyclic) bond motifs is 1. The molecular weight excluding hydrogens is 368 g/mol. The molecule has 1 aliphatic rings. The molecule has 24 heavy (non-hydrogen) atoms. The third kappa shape index (κ3) is 4.01. The van der Waals surface area contributed by atoms with Crippen molar-refractivity contribution in [2.75, 3.05) is 13.2 Å². The molecule has 1 heterocycles. The molecule has 0 saturated heterocycles. The number of aliphatic hydroxyl groups excluding tert-OH is 1. The molecule has 1 saturated carbocycles. The number of benzene rings is 1. The number of hydrogen-bond donors (Lipinski definition) is 2. The summed E-state index contributed by atoms with van der Waals surface area (Å²) in [6.07, 6.45) is 9.52. The first-order valence-electron chi connectivity index (χ1n) is 8.86. The molecular formula is C19H25BrN2O2. The van der Waals surface area contributed by atoms with E-state index in [1.807, 2.05) is 29.0 Å². The third-order valence-corrected chi connectivity index (χ3v) is 5.45. The van der Waals surface area contributed by atoms with E-state index < -0.39 is 0 Å². The summed E-state index contributed by atoms with van der Waals surface area (Å²) in [5, 5.41) is 13.3. The number of carbonyl (C=O) groups excluding carboxylic acids is 1. The normalized spacial score (nSPS) is 16.2. The van der Waals surface area contributed by atoms with Gasteiger partial charge in [0.25, 0.3) is 5.91 Å². The van der Waals surface area contributed by atoms with E-state index in [0.717, 1.165) is 21.9 Å². The van der Waals surface area contributed by atoms with Gasteiger partial charge in [-0.3, -0.25) is 4.79 Å². The van der Waals surface area contributed by atoms with Crippen molar-refractivity contribution in [3.8, 4) is 0 Å². The molecule has 1 aliphatic carbocycles. The number of hydrogen-bond acceptors (Lipinski definition) is 2. The summed E-state index contributed by atoms with van der Waals surface area (Å²) >= 11 is 3.48. The Labute approximate surface area is 151 Å². The van der Waals surface area contributed by atoms with Crippen LogP contribution in [0.2, 0.25) is 0 Å². The van der Waals surface area contributed by atoms with Gasteiger partial charge in [0.15, 0.2) is 0 Å². The minimum Gasteiger partial charge on any atom is -0.395 e. The van der Waals surface area contributed by atoms with E-state index in [2.05, 4.69) is 21.2 Å². The van der Waals surface area contributed by atoms with Crippen LogP contribution in [0, 0.1) is 5.92 Å². The van der Waals surface area contributed by atoms with Crippen molar-refractivity contribution in [2.45, 2.75) is 45.1 Å². The molecule has 1 aromatic heterocycles. The predicted molar refractivity (Wildman–Crippen MR) is 100 cm³/mol. The minimum absolute atomic E-state index is 0.0109. The number of nitrogens with one attached hydrogen (secondary N) is 1. The lowest BCUT2D eigenvalue weighted by Gasteiger charge is -2.14. The van der Waals surface area contributed by atoms with Crippen LogP contribution in [-0.2, 0) is 6.54 Å². The molecule has 0 spiro atoms. The Morgan fingerprint density at radius 3 is 2.71 bits per heavy atom. The van der Waals surface area contributed by atoms with E-state index in [1.54, 1.807) is 0 Å². The van der Waals surface area contributed by atoms with Crippen LogP contribution in [0.25, 0.3) is 10.9 Å². The largest absolute Gasteiger partial charge is 0.395 e. The lowest BCUT2D eigenvalue weighted by molar-refractivity contribution is 0.0947. The van der Waals surface area contributed by atoms with Gasteiger partial charge in [-0.05, 0) is 30.9 Å². The van der Waals surface area contributed by atoms with Crippen molar-refractivity contribution in [2.24, 2.45) is 5.92 Å². The molecule has 3 rings (SSSR count). The van der Waals surface area contributed by atoms with E-state index in [4.69, 9.17) is 0 Å². The summed E-state index contributed by atoms with van der Waals surface area (Å²) in [4.78, 5) is 12.7. The number of rotatable bonds is 5. The fourth-order valence-electron chi connectivity index (χ4n) is 3.64. The van der Waals surface area contributed by atoms with E-state index in [-0.39, 0.29) is 12.5 Å². The summed E-state index contributed by atoms with van der Waals surface area (Å²) in [5.74, 6) is 0.597. The second-order valence-corrected chi connectivity index (χ2v) is 7.60. The molecule has 4 nitrogen and oxygen atoms in total. The Kier molecular flexibility index (Phi) is 5.95. The van der Waals surface area contributed by atoms with Gasteiger partial charge in [0.05, 0.1) is 17.7 Å². The Morgan fingerprint density at radius 2 is 2.00 bits per heavy atom. The highest BCUT2D eigenvalue weighted by atomic mass is 79.9. The molecule has 130 valence electrons. The van der Waals surface area contributed by atoms with Gasteiger partial charge >= 0.3 is 0 Å². The van der Waals surface area contributed by atoms with Crippen LogP contribution < -0.4 is 5.32 Å². The molecule has 0 bridgehead atoms. The van der Waals surface area contributed by atoms with Gasteiger partial charge in [0.1, 0.15) is 0 Å². The van der Waals surface area contributed by atoms with E-state index in [1.165, 1.54) is 38.5 Å². The molecule has 2 N–H and O–H groups in total. The molecule has 0 radical (unpaired) electrons. The number of amides is 1. The van der Waals surface area contributed by atoms with Crippen molar-refractivity contribution in [1.29, 1.82) is 0 Å². The molecule has 1 fully saturated rings. The number of aliphatic hydroxyl groups is 1. The fraction of sp³-hybridized carbons (Fsp3) is 0.526. The fourth-order valence-corrected chi connectivity index (χ4v) is 3.99. The van der Waals surface area contributed by atoms with Gasteiger partial charge in [-0.25, -0.2) is 0 Å². The van der Waals surface area contributed by atoms with Crippen molar-refractivity contribution < 1.29 is 9.90 Å². The topological polar surface area (TPSA) is 54.3 Å². The molecule has 5 heteroatoms. The third-order valence-electron chi connectivity index (χ3n) is 4.96. The molecule has 0 atom stereocenters. The van der Waals surface area contributed by atoms with Crippen LogP contribution in [0.1, 0.15) is 48.9 Å². The summed E-state index contributed by atoms with van der Waals surface area (Å²) in [6, 6.07) is 5.91. The van der Waals surface area contributed by atoms with Crippen LogP contribution in [0.5, 0.6) is 0 Å². The van der Waals surface area contributed by atoms with Crippen molar-refractivity contribution >= 4 is 32.7 Å². The smallest absolute Gasteiger partial charge is 0.253 e. The lowest BCUT2D eigenvalue weighted by Crippen LogP contribution is -2.29. The van der Waals surface area contributed by atoms with Crippen molar-refractivity contribution in [3.63, 3.8) is 0 Å².